The number of nitrogens with zero attached hydrogens (tertiary/aromatic N) is 2. The van der Waals surface area contributed by atoms with Gasteiger partial charge in [0.05, 0.1) is 22.9 Å². The molecule has 0 saturated carbocycles. The molecule has 0 radical (unpaired) electrons. The lowest BCUT2D eigenvalue weighted by Gasteiger charge is -2.20. The van der Waals surface area contributed by atoms with Gasteiger partial charge in [-0.3, -0.25) is 14.5 Å². The molecule has 1 unspecified atom stereocenters. The van der Waals surface area contributed by atoms with Crippen molar-refractivity contribution in [3.8, 4) is 0 Å². The zero-order valence-corrected chi connectivity index (χ0v) is 16.3. The van der Waals surface area contributed by atoms with E-state index in [9.17, 15) is 19.1 Å². The smallest absolute Gasteiger partial charge is 0.302 e. The number of aliphatic hydroxyl groups is 1. The van der Waals surface area contributed by atoms with Crippen LogP contribution < -0.4 is 4.90 Å². The summed E-state index contributed by atoms with van der Waals surface area (Å²) in [5.74, 6) is -2.23. The number of hydrogen-bond acceptors (Lipinski definition) is 5. The molecular weight excluding hydrogens is 401 g/mol. The second-order valence-electron chi connectivity index (χ2n) is 7.27. The van der Waals surface area contributed by atoms with Gasteiger partial charge < -0.3 is 14.5 Å². The molecule has 1 saturated heterocycles. The fourth-order valence-electron chi connectivity index (χ4n) is 3.75. The number of carbonyl (C=O) groups excluding carboxylic acids is 2. The Morgan fingerprint density at radius 2 is 1.94 bits per heavy atom. The molecule has 4 aromatic rings. The van der Waals surface area contributed by atoms with Crippen LogP contribution in [-0.2, 0) is 9.59 Å². The number of ketones is 1. The van der Waals surface area contributed by atoms with Crippen LogP contribution >= 0.6 is 0 Å². The molecule has 154 valence electrons. The number of rotatable bonds is 3. The number of benzene rings is 2. The molecule has 2 N–H and O–H groups in total. The van der Waals surface area contributed by atoms with Crippen molar-refractivity contribution >= 4 is 34.4 Å². The number of nitrogens with one attached hydrogen (secondary N) is 1. The zero-order valence-electron chi connectivity index (χ0n) is 16.3. The Kier molecular flexibility index (Phi) is 4.21. The molecule has 0 spiro atoms. The van der Waals surface area contributed by atoms with Gasteiger partial charge in [-0.25, -0.2) is 9.37 Å². The first kappa shape index (κ1) is 18.8. The summed E-state index contributed by atoms with van der Waals surface area (Å²) in [4.78, 5) is 34.7. The molecule has 8 heteroatoms. The second kappa shape index (κ2) is 6.94. The highest BCUT2D eigenvalue weighted by Crippen LogP contribution is 2.41. The van der Waals surface area contributed by atoms with Crippen molar-refractivity contribution in [2.24, 2.45) is 0 Å². The van der Waals surface area contributed by atoms with Gasteiger partial charge in [0.15, 0.2) is 0 Å². The number of fused-ring (bicyclic) bond motifs is 1. The van der Waals surface area contributed by atoms with Crippen LogP contribution in [-0.4, -0.2) is 26.8 Å². The molecule has 7 nitrogen and oxygen atoms in total. The Hall–Kier alpha value is -4.20. The van der Waals surface area contributed by atoms with E-state index in [1.54, 1.807) is 12.1 Å². The summed E-state index contributed by atoms with van der Waals surface area (Å²) >= 11 is 0. The van der Waals surface area contributed by atoms with Gasteiger partial charge in [-0.15, -0.1) is 0 Å². The minimum atomic E-state index is -1.04. The number of amides is 1. The van der Waals surface area contributed by atoms with E-state index < -0.39 is 29.3 Å². The summed E-state index contributed by atoms with van der Waals surface area (Å²) in [7, 11) is 0. The Bertz CT molecular complexity index is 1350. The highest BCUT2D eigenvalue weighted by Gasteiger charge is 2.49. The predicted molar refractivity (Wildman–Crippen MR) is 111 cm³/mol. The molecule has 1 aliphatic rings. The fourth-order valence-corrected chi connectivity index (χ4v) is 3.75. The summed E-state index contributed by atoms with van der Waals surface area (Å²) in [6.45, 7) is 1.93. The van der Waals surface area contributed by atoms with Gasteiger partial charge in [-0.1, -0.05) is 6.07 Å². The highest BCUT2D eigenvalue weighted by molar-refractivity contribution is 6.51. The average Bonchev–Trinajstić information content (AvgIpc) is 3.47. The molecule has 1 fully saturated rings. The zero-order chi connectivity index (χ0) is 21.7. The van der Waals surface area contributed by atoms with Crippen molar-refractivity contribution in [1.29, 1.82) is 0 Å². The Morgan fingerprint density at radius 1 is 1.16 bits per heavy atom. The van der Waals surface area contributed by atoms with E-state index in [4.69, 9.17) is 4.42 Å². The number of aliphatic hydroxyl groups excluding tert-OH is 1. The standard InChI is InChI=1S/C23H16FN3O4/c1-12-4-9-15-16(11-12)26-23(25-15)27-19(17-3-2-10-31-17)18(21(29)22(27)30)20(28)13-5-7-14(24)8-6-13/h2-11,19,28H,1H3,(H,25,26)/b20-18+. The topological polar surface area (TPSA) is 99.4 Å². The molecule has 1 amide bonds. The quantitative estimate of drug-likeness (QED) is 0.295. The molecule has 31 heavy (non-hydrogen) atoms. The van der Waals surface area contributed by atoms with E-state index >= 15 is 0 Å². The number of H-pyrrole nitrogens is 1. The number of halogens is 1. The van der Waals surface area contributed by atoms with Crippen molar-refractivity contribution in [2.45, 2.75) is 13.0 Å². The van der Waals surface area contributed by atoms with E-state index in [-0.39, 0.29) is 22.8 Å². The molecule has 3 heterocycles. The normalized spacial score (nSPS) is 18.3. The minimum Gasteiger partial charge on any atom is -0.507 e. The summed E-state index contributed by atoms with van der Waals surface area (Å²) < 4.78 is 18.8. The number of aromatic nitrogens is 2. The van der Waals surface area contributed by atoms with Crippen molar-refractivity contribution in [2.75, 3.05) is 4.90 Å². The Morgan fingerprint density at radius 3 is 2.65 bits per heavy atom. The maximum absolute atomic E-state index is 13.3. The third-order valence-electron chi connectivity index (χ3n) is 5.23. The van der Waals surface area contributed by atoms with Crippen molar-refractivity contribution < 1.29 is 23.5 Å². The van der Waals surface area contributed by atoms with Crippen molar-refractivity contribution in [3.63, 3.8) is 0 Å². The van der Waals surface area contributed by atoms with E-state index in [0.29, 0.717) is 11.0 Å². The Balaban J connectivity index is 1.71. The SMILES string of the molecule is Cc1ccc2nc(N3C(=O)C(=O)/C(=C(/O)c4ccc(F)cc4)C3c3ccco3)[nH]c2c1. The molecular formula is C23H16FN3O4. The van der Waals surface area contributed by atoms with Gasteiger partial charge in [-0.2, -0.15) is 0 Å². The maximum Gasteiger partial charge on any atom is 0.302 e. The van der Waals surface area contributed by atoms with Crippen LogP contribution in [0.5, 0.6) is 0 Å². The van der Waals surface area contributed by atoms with E-state index in [1.165, 1.54) is 23.3 Å². The monoisotopic (exact) mass is 417 g/mol. The van der Waals surface area contributed by atoms with Gasteiger partial charge in [0, 0.05) is 5.56 Å². The fraction of sp³-hybridized carbons (Fsp3) is 0.0870. The third kappa shape index (κ3) is 3.00. The molecule has 5 rings (SSSR count). The van der Waals surface area contributed by atoms with Gasteiger partial charge >= 0.3 is 5.91 Å². The average molecular weight is 417 g/mol. The largest absolute Gasteiger partial charge is 0.507 e. The molecule has 2 aromatic heterocycles. The first-order valence-electron chi connectivity index (χ1n) is 9.51. The second-order valence-corrected chi connectivity index (χ2v) is 7.27. The molecule has 1 atom stereocenters. The lowest BCUT2D eigenvalue weighted by atomic mass is 9.99. The van der Waals surface area contributed by atoms with Crippen LogP contribution in [0.3, 0.4) is 0 Å². The lowest BCUT2D eigenvalue weighted by molar-refractivity contribution is -0.132. The number of hydrogen-bond donors (Lipinski definition) is 2. The molecule has 0 aliphatic carbocycles. The summed E-state index contributed by atoms with van der Waals surface area (Å²) in [6.07, 6.45) is 1.41. The summed E-state index contributed by atoms with van der Waals surface area (Å²) in [5.41, 5.74) is 2.37. The van der Waals surface area contributed by atoms with Crippen LogP contribution in [0.25, 0.3) is 16.8 Å². The van der Waals surface area contributed by atoms with Gasteiger partial charge in [0.2, 0.25) is 5.95 Å². The van der Waals surface area contributed by atoms with Crippen LogP contribution in [0.1, 0.15) is 22.9 Å². The number of imidazole rings is 1. The summed E-state index contributed by atoms with van der Waals surface area (Å²) in [6, 6.07) is 12.8. The predicted octanol–water partition coefficient (Wildman–Crippen LogP) is 4.23. The van der Waals surface area contributed by atoms with Crippen LogP contribution in [0.4, 0.5) is 10.3 Å². The minimum absolute atomic E-state index is 0.155. The molecule has 2 aromatic carbocycles. The number of carbonyl (C=O) groups is 2. The first-order chi connectivity index (χ1) is 14.9. The number of furan rings is 1. The number of Topliss-reactive ketones (excluding diaryl/α,β-unsaturated/α-hetero) is 1. The first-order valence-corrected chi connectivity index (χ1v) is 9.51. The van der Waals surface area contributed by atoms with Crippen LogP contribution in [0.15, 0.2) is 70.9 Å². The van der Waals surface area contributed by atoms with Crippen molar-refractivity contribution in [1.82, 2.24) is 9.97 Å². The van der Waals surface area contributed by atoms with E-state index in [0.717, 1.165) is 17.7 Å². The van der Waals surface area contributed by atoms with Crippen LogP contribution in [0, 0.1) is 12.7 Å². The van der Waals surface area contributed by atoms with Gasteiger partial charge in [-0.05, 0) is 61.0 Å². The summed E-state index contributed by atoms with van der Waals surface area (Å²) in [5, 5.41) is 10.9. The Labute approximate surface area is 175 Å². The van der Waals surface area contributed by atoms with Gasteiger partial charge in [0.25, 0.3) is 5.78 Å². The third-order valence-corrected chi connectivity index (χ3v) is 5.23. The number of aromatic amines is 1. The molecule has 1 aliphatic heterocycles. The van der Waals surface area contributed by atoms with Crippen molar-refractivity contribution in [3.05, 3.63) is 89.1 Å². The lowest BCUT2D eigenvalue weighted by Crippen LogP contribution is -2.30. The van der Waals surface area contributed by atoms with Gasteiger partial charge in [0.1, 0.15) is 23.4 Å². The maximum atomic E-state index is 13.3. The van der Waals surface area contributed by atoms with Crippen LogP contribution in [0.2, 0.25) is 0 Å². The number of anilines is 1. The van der Waals surface area contributed by atoms with E-state index in [1.807, 2.05) is 25.1 Å². The number of aryl methyl sites for hydroxylation is 1. The molecule has 0 bridgehead atoms. The van der Waals surface area contributed by atoms with E-state index in [2.05, 4.69) is 9.97 Å². The highest BCUT2D eigenvalue weighted by atomic mass is 19.1.